The number of pyridine rings is 2. The fourth-order valence-electron chi connectivity index (χ4n) is 6.79. The van der Waals surface area contributed by atoms with Crippen LogP contribution in [0.1, 0.15) is 5.56 Å². The number of aromatic nitrogens is 4. The summed E-state index contributed by atoms with van der Waals surface area (Å²) in [6, 6.07) is 52.4. The average molecular weight is 588 g/mol. The summed E-state index contributed by atoms with van der Waals surface area (Å²) < 4.78 is 4.44. The van der Waals surface area contributed by atoms with Crippen LogP contribution in [0.4, 0.5) is 0 Å². The number of hydrogen-bond donors (Lipinski definition) is 0. The van der Waals surface area contributed by atoms with E-state index in [1.54, 1.807) is 0 Å². The van der Waals surface area contributed by atoms with E-state index >= 15 is 0 Å². The largest absolute Gasteiger partial charge is 0.294 e. The highest BCUT2D eigenvalue weighted by Crippen LogP contribution is 2.38. The number of benzene rings is 5. The van der Waals surface area contributed by atoms with Crippen LogP contribution >= 0.6 is 0 Å². The molecule has 214 valence electrons. The first kappa shape index (κ1) is 25.9. The molecule has 5 heteroatoms. The Kier molecular flexibility index (Phi) is 5.81. The lowest BCUT2D eigenvalue weighted by Gasteiger charge is -2.16. The Labute approximate surface area is 264 Å². The van der Waals surface area contributed by atoms with Crippen LogP contribution in [0.5, 0.6) is 0 Å². The molecule has 5 nitrogen and oxygen atoms in total. The van der Waals surface area contributed by atoms with Crippen LogP contribution in [0.3, 0.4) is 0 Å². The second-order valence-electron chi connectivity index (χ2n) is 11.4. The van der Waals surface area contributed by atoms with Crippen LogP contribution in [0.15, 0.2) is 152 Å². The molecule has 0 N–H and O–H groups in total. The highest BCUT2D eigenvalue weighted by molar-refractivity contribution is 6.10. The Bertz CT molecular complexity index is 2410. The van der Waals surface area contributed by atoms with Gasteiger partial charge in [0.2, 0.25) is 0 Å². The van der Waals surface area contributed by atoms with Crippen molar-refractivity contribution in [1.82, 2.24) is 19.1 Å². The SMILES string of the molecule is N#Cc1ccc(-c2ccccc2-c2cc(-n3c4ccccc4c4ccccc43)nc(-n3c4ccccc4c4cccnc43)c2)cc1. The van der Waals surface area contributed by atoms with E-state index in [2.05, 4.69) is 130 Å². The van der Waals surface area contributed by atoms with Gasteiger partial charge in [-0.3, -0.25) is 9.13 Å². The number of fused-ring (bicyclic) bond motifs is 6. The third-order valence-electron chi connectivity index (χ3n) is 8.83. The van der Waals surface area contributed by atoms with Gasteiger partial charge < -0.3 is 0 Å². The van der Waals surface area contributed by atoms with Crippen molar-refractivity contribution in [2.75, 3.05) is 0 Å². The van der Waals surface area contributed by atoms with Gasteiger partial charge in [0.15, 0.2) is 0 Å². The van der Waals surface area contributed by atoms with E-state index in [0.717, 1.165) is 66.9 Å². The Balaban J connectivity index is 1.39. The first-order valence-electron chi connectivity index (χ1n) is 15.2. The quantitative estimate of drug-likeness (QED) is 0.206. The highest BCUT2D eigenvalue weighted by atomic mass is 15.2. The molecule has 0 saturated carbocycles. The van der Waals surface area contributed by atoms with E-state index in [-0.39, 0.29) is 0 Å². The molecule has 0 radical (unpaired) electrons. The molecule has 5 aromatic carbocycles. The van der Waals surface area contributed by atoms with Crippen molar-refractivity contribution < 1.29 is 0 Å². The number of rotatable bonds is 4. The van der Waals surface area contributed by atoms with Gasteiger partial charge in [0.05, 0.1) is 28.2 Å². The highest BCUT2D eigenvalue weighted by Gasteiger charge is 2.19. The van der Waals surface area contributed by atoms with Crippen LogP contribution in [0.2, 0.25) is 0 Å². The fourth-order valence-corrected chi connectivity index (χ4v) is 6.79. The predicted octanol–water partition coefficient (Wildman–Crippen LogP) is 9.88. The van der Waals surface area contributed by atoms with E-state index in [9.17, 15) is 5.26 Å². The van der Waals surface area contributed by atoms with Gasteiger partial charge in [-0.25, -0.2) is 9.97 Å². The summed E-state index contributed by atoms with van der Waals surface area (Å²) in [5, 5.41) is 14.0. The minimum atomic E-state index is 0.639. The van der Waals surface area contributed by atoms with Crippen molar-refractivity contribution in [3.63, 3.8) is 0 Å². The minimum Gasteiger partial charge on any atom is -0.294 e. The number of nitrogens with zero attached hydrogens (tertiary/aromatic N) is 5. The maximum Gasteiger partial charge on any atom is 0.146 e. The monoisotopic (exact) mass is 587 g/mol. The first-order valence-corrected chi connectivity index (χ1v) is 15.2. The summed E-state index contributed by atoms with van der Waals surface area (Å²) in [7, 11) is 0. The predicted molar refractivity (Wildman–Crippen MR) is 186 cm³/mol. The van der Waals surface area contributed by atoms with Gasteiger partial charge in [-0.1, -0.05) is 91.0 Å². The van der Waals surface area contributed by atoms with Crippen molar-refractivity contribution in [2.24, 2.45) is 0 Å². The lowest BCUT2D eigenvalue weighted by molar-refractivity contribution is 1.00. The van der Waals surface area contributed by atoms with Gasteiger partial charge in [0, 0.05) is 27.7 Å². The molecule has 46 heavy (non-hydrogen) atoms. The molecule has 4 aromatic heterocycles. The summed E-state index contributed by atoms with van der Waals surface area (Å²) in [5.74, 6) is 1.61. The van der Waals surface area contributed by atoms with E-state index in [1.807, 2.05) is 36.5 Å². The molecule has 0 bridgehead atoms. The number of para-hydroxylation sites is 3. The molecule has 0 aliphatic carbocycles. The zero-order chi connectivity index (χ0) is 30.6. The second kappa shape index (κ2) is 10.3. The lowest BCUT2D eigenvalue weighted by atomic mass is 9.94. The van der Waals surface area contributed by atoms with Crippen molar-refractivity contribution in [2.45, 2.75) is 0 Å². The van der Waals surface area contributed by atoms with Crippen LogP contribution in [-0.4, -0.2) is 19.1 Å². The van der Waals surface area contributed by atoms with Gasteiger partial charge in [-0.05, 0) is 76.9 Å². The van der Waals surface area contributed by atoms with Crippen molar-refractivity contribution in [3.8, 4) is 40.0 Å². The third-order valence-corrected chi connectivity index (χ3v) is 8.83. The first-order chi connectivity index (χ1) is 22.8. The van der Waals surface area contributed by atoms with Crippen LogP contribution < -0.4 is 0 Å². The normalized spacial score (nSPS) is 11.5. The molecule has 0 unspecified atom stereocenters. The van der Waals surface area contributed by atoms with Gasteiger partial charge in [0.25, 0.3) is 0 Å². The fraction of sp³-hybridized carbons (Fsp3) is 0. The number of nitriles is 1. The van der Waals surface area contributed by atoms with Gasteiger partial charge in [-0.2, -0.15) is 5.26 Å². The molecule has 9 aromatic rings. The van der Waals surface area contributed by atoms with Crippen LogP contribution in [-0.2, 0) is 0 Å². The smallest absolute Gasteiger partial charge is 0.146 e. The summed E-state index contributed by atoms with van der Waals surface area (Å²) >= 11 is 0. The lowest BCUT2D eigenvalue weighted by Crippen LogP contribution is -2.05. The molecule has 4 heterocycles. The van der Waals surface area contributed by atoms with Crippen molar-refractivity contribution in [3.05, 3.63) is 157 Å². The molecule has 0 atom stereocenters. The number of hydrogen-bond acceptors (Lipinski definition) is 3. The van der Waals surface area contributed by atoms with Gasteiger partial charge >= 0.3 is 0 Å². The molecule has 0 aliphatic rings. The summed E-state index contributed by atoms with van der Waals surface area (Å²) in [6.45, 7) is 0. The molecule has 0 aliphatic heterocycles. The summed E-state index contributed by atoms with van der Waals surface area (Å²) in [5.41, 5.74) is 8.98. The molecular formula is C41H25N5. The van der Waals surface area contributed by atoms with Crippen molar-refractivity contribution in [1.29, 1.82) is 5.26 Å². The standard InChI is InChI=1S/C41H25N5/c42-26-27-19-21-28(22-20-27)30-10-1-2-11-31(30)29-24-39(45-36-16-6-3-12-32(36)33-13-4-7-17-37(33)45)44-40(25-29)46-38-18-8-5-14-34(38)35-15-9-23-43-41(35)46/h1-25H. The third kappa shape index (κ3) is 3.94. The maximum absolute atomic E-state index is 9.41. The molecule has 9 rings (SSSR count). The van der Waals surface area contributed by atoms with E-state index < -0.39 is 0 Å². The molecule has 0 saturated heterocycles. The van der Waals surface area contributed by atoms with E-state index in [0.29, 0.717) is 5.56 Å². The van der Waals surface area contributed by atoms with Crippen LogP contribution in [0, 0.1) is 11.3 Å². The van der Waals surface area contributed by atoms with Gasteiger partial charge in [0.1, 0.15) is 17.3 Å². The van der Waals surface area contributed by atoms with Gasteiger partial charge in [-0.15, -0.1) is 0 Å². The van der Waals surface area contributed by atoms with Crippen molar-refractivity contribution >= 4 is 43.7 Å². The van der Waals surface area contributed by atoms with Crippen LogP contribution in [0.25, 0.3) is 77.6 Å². The Morgan fingerprint density at radius 1 is 0.478 bits per heavy atom. The zero-order valence-corrected chi connectivity index (χ0v) is 24.7. The molecular weight excluding hydrogens is 562 g/mol. The molecule has 0 amide bonds. The van der Waals surface area contributed by atoms with E-state index in [4.69, 9.17) is 9.97 Å². The summed E-state index contributed by atoms with van der Waals surface area (Å²) in [6.07, 6.45) is 1.84. The topological polar surface area (TPSA) is 59.4 Å². The molecule has 0 spiro atoms. The average Bonchev–Trinajstić information content (AvgIpc) is 3.65. The molecule has 0 fully saturated rings. The maximum atomic E-state index is 9.41. The summed E-state index contributed by atoms with van der Waals surface area (Å²) in [4.78, 5) is 10.3. The Hall–Kier alpha value is -6.51. The second-order valence-corrected chi connectivity index (χ2v) is 11.4. The zero-order valence-electron chi connectivity index (χ0n) is 24.7. The van der Waals surface area contributed by atoms with E-state index in [1.165, 1.54) is 10.8 Å². The minimum absolute atomic E-state index is 0.639. The Morgan fingerprint density at radius 3 is 1.61 bits per heavy atom. The Morgan fingerprint density at radius 2 is 0.978 bits per heavy atom.